The fraction of sp³-hybridized carbons (Fsp3) is 0.520. The molecule has 0 unspecified atom stereocenters. The number of hydrogen-bond donors (Lipinski definition) is 0. The molecule has 0 saturated carbocycles. The van der Waals surface area contributed by atoms with E-state index in [9.17, 15) is 43.9 Å². The number of halogens is 10. The fourth-order valence-electron chi connectivity index (χ4n) is 8.83. The van der Waals surface area contributed by atoms with Gasteiger partial charge in [-0.1, -0.05) is 62.3 Å². The Morgan fingerprint density at radius 3 is 1.30 bits per heavy atom. The average Bonchev–Trinajstić information content (AvgIpc) is 3.21. The molecule has 0 amide bonds. The van der Waals surface area contributed by atoms with Crippen LogP contribution < -0.4 is 9.47 Å². The first kappa shape index (κ1) is 52.3. The predicted octanol–water partition coefficient (Wildman–Crippen LogP) is 15.4. The highest BCUT2D eigenvalue weighted by atomic mass is 19.4. The minimum atomic E-state index is -5.18. The van der Waals surface area contributed by atoms with Gasteiger partial charge in [0.1, 0.15) is 18.2 Å². The quantitative estimate of drug-likeness (QED) is 0.118. The summed E-state index contributed by atoms with van der Waals surface area (Å²) in [6.45, 7) is 17.5. The van der Waals surface area contributed by atoms with Gasteiger partial charge in [-0.3, -0.25) is 4.90 Å². The van der Waals surface area contributed by atoms with Gasteiger partial charge in [-0.05, 0) is 132 Å². The van der Waals surface area contributed by atoms with E-state index in [0.717, 1.165) is 12.1 Å². The minimum absolute atomic E-state index is 0.0177. The molecule has 0 radical (unpaired) electrons. The standard InChI is InChI=1S/C50H61F10NO3/c1-15-35-36(24-39(45(5,6)7)43(62-12)41(35)30-18-29(26-51)19-32(20-30)48(52,53)54)37-25-40(46(8,9)10)44(63-13)42(38(37)27-61(11)28(4)47(16-2,17-3)64-14)31-21-33(49(55,56)57)23-34(22-31)50(58,59)60/h18-25,28H,15-17,26-27H2,1-14H3/t28-/m0/s1. The molecule has 0 heterocycles. The Hall–Kier alpha value is -4.30. The zero-order valence-corrected chi connectivity index (χ0v) is 39.2. The summed E-state index contributed by atoms with van der Waals surface area (Å²) in [4.78, 5) is 1.92. The molecule has 4 nitrogen and oxygen atoms in total. The molecule has 0 spiro atoms. The Balaban J connectivity index is 2.47. The van der Waals surface area contributed by atoms with Gasteiger partial charge in [0.25, 0.3) is 0 Å². The van der Waals surface area contributed by atoms with Crippen molar-refractivity contribution < 1.29 is 58.1 Å². The van der Waals surface area contributed by atoms with Crippen molar-refractivity contribution in [3.63, 3.8) is 0 Å². The van der Waals surface area contributed by atoms with Gasteiger partial charge in [0.15, 0.2) is 0 Å². The number of methoxy groups -OCH3 is 3. The Kier molecular flexibility index (Phi) is 15.4. The molecule has 1 atom stereocenters. The van der Waals surface area contributed by atoms with Crippen LogP contribution in [0.5, 0.6) is 11.5 Å². The molecule has 4 aromatic carbocycles. The lowest BCUT2D eigenvalue weighted by Crippen LogP contribution is -2.50. The number of nitrogens with zero attached hydrogens (tertiary/aromatic N) is 1. The normalized spacial score (nSPS) is 13.8. The summed E-state index contributed by atoms with van der Waals surface area (Å²) < 4.78 is 164. The lowest BCUT2D eigenvalue weighted by Gasteiger charge is -2.42. The van der Waals surface area contributed by atoms with Gasteiger partial charge in [0, 0.05) is 42.0 Å². The topological polar surface area (TPSA) is 30.9 Å². The van der Waals surface area contributed by atoms with E-state index in [1.54, 1.807) is 21.1 Å². The molecule has 0 bridgehead atoms. The maximum absolute atomic E-state index is 14.7. The molecule has 0 fully saturated rings. The van der Waals surface area contributed by atoms with Crippen molar-refractivity contribution in [1.29, 1.82) is 0 Å². The Labute approximate surface area is 371 Å². The van der Waals surface area contributed by atoms with E-state index in [2.05, 4.69) is 0 Å². The molecule has 4 aromatic rings. The number of hydrogen-bond acceptors (Lipinski definition) is 4. The Morgan fingerprint density at radius 2 is 0.953 bits per heavy atom. The van der Waals surface area contributed by atoms with E-state index in [1.807, 2.05) is 79.3 Å². The van der Waals surface area contributed by atoms with E-state index < -0.39 is 63.9 Å². The van der Waals surface area contributed by atoms with Crippen molar-refractivity contribution in [1.82, 2.24) is 4.90 Å². The second-order valence-electron chi connectivity index (χ2n) is 18.5. The van der Waals surface area contributed by atoms with Crippen molar-refractivity contribution >= 4 is 0 Å². The molecule has 0 saturated heterocycles. The van der Waals surface area contributed by atoms with Crippen LogP contribution in [0.15, 0.2) is 48.5 Å². The first-order valence-electron chi connectivity index (χ1n) is 21.2. The van der Waals surface area contributed by atoms with Gasteiger partial charge in [-0.15, -0.1) is 0 Å². The second kappa shape index (κ2) is 18.9. The lowest BCUT2D eigenvalue weighted by molar-refractivity contribution is -0.143. The Morgan fingerprint density at radius 1 is 0.562 bits per heavy atom. The summed E-state index contributed by atoms with van der Waals surface area (Å²) in [5.41, 5.74) is -4.28. The molecular formula is C50H61F10NO3. The third-order valence-electron chi connectivity index (χ3n) is 12.5. The SMILES string of the molecule is CCc1c(-c2cc(C(C)(C)C)c(OC)c(-c3cc(C(F)(F)F)cc(C(F)(F)F)c3)c2CN(C)[C@@H](C)C(CC)(CC)OC)cc(C(C)(C)C)c(OC)c1-c1cc(CF)cc(C(F)(F)F)c1. The first-order valence-corrected chi connectivity index (χ1v) is 21.2. The van der Waals surface area contributed by atoms with Gasteiger partial charge < -0.3 is 14.2 Å². The van der Waals surface area contributed by atoms with E-state index in [4.69, 9.17) is 14.2 Å². The summed E-state index contributed by atoms with van der Waals surface area (Å²) in [6.07, 6.45) is -13.9. The van der Waals surface area contributed by atoms with Gasteiger partial charge in [0.2, 0.25) is 0 Å². The maximum atomic E-state index is 14.7. The number of likely N-dealkylation sites (N-methyl/N-ethyl adjacent to an activating group) is 1. The van der Waals surface area contributed by atoms with Crippen molar-refractivity contribution in [2.75, 3.05) is 28.4 Å². The molecule has 0 aliphatic carbocycles. The van der Waals surface area contributed by atoms with Crippen LogP contribution in [0.2, 0.25) is 0 Å². The summed E-state index contributed by atoms with van der Waals surface area (Å²) in [5, 5.41) is 0. The molecule has 0 N–H and O–H groups in total. The van der Waals surface area contributed by atoms with Crippen LogP contribution in [-0.4, -0.2) is 44.9 Å². The van der Waals surface area contributed by atoms with Gasteiger partial charge in [-0.25, -0.2) is 4.39 Å². The molecule has 64 heavy (non-hydrogen) atoms. The van der Waals surface area contributed by atoms with E-state index in [0.29, 0.717) is 58.4 Å². The van der Waals surface area contributed by atoms with E-state index >= 15 is 0 Å². The monoisotopic (exact) mass is 913 g/mol. The van der Waals surface area contributed by atoms with Crippen LogP contribution in [0, 0.1) is 0 Å². The van der Waals surface area contributed by atoms with Crippen molar-refractivity contribution in [2.24, 2.45) is 0 Å². The van der Waals surface area contributed by atoms with Crippen molar-refractivity contribution in [2.45, 2.75) is 143 Å². The highest BCUT2D eigenvalue weighted by Gasteiger charge is 2.41. The molecule has 0 aliphatic rings. The highest BCUT2D eigenvalue weighted by Crippen LogP contribution is 2.53. The summed E-state index contributed by atoms with van der Waals surface area (Å²) in [7, 11) is 6.07. The molecule has 14 heteroatoms. The lowest BCUT2D eigenvalue weighted by atomic mass is 9.75. The molecule has 0 aromatic heterocycles. The zero-order chi connectivity index (χ0) is 48.7. The highest BCUT2D eigenvalue weighted by molar-refractivity contribution is 5.91. The third-order valence-corrected chi connectivity index (χ3v) is 12.5. The third kappa shape index (κ3) is 10.5. The summed E-state index contributed by atoms with van der Waals surface area (Å²) in [6, 6.07) is 7.74. The predicted molar refractivity (Wildman–Crippen MR) is 234 cm³/mol. The van der Waals surface area contributed by atoms with Crippen LogP contribution in [0.3, 0.4) is 0 Å². The zero-order valence-electron chi connectivity index (χ0n) is 39.2. The van der Waals surface area contributed by atoms with Gasteiger partial charge in [-0.2, -0.15) is 39.5 Å². The van der Waals surface area contributed by atoms with Crippen LogP contribution >= 0.6 is 0 Å². The number of alkyl halides is 10. The molecule has 0 aliphatic heterocycles. The van der Waals surface area contributed by atoms with E-state index in [1.165, 1.54) is 20.3 Å². The van der Waals surface area contributed by atoms with Crippen LogP contribution in [0.4, 0.5) is 43.9 Å². The number of ether oxygens (including phenoxy) is 3. The van der Waals surface area contributed by atoms with Crippen molar-refractivity contribution in [3.05, 3.63) is 93.0 Å². The number of benzene rings is 4. The second-order valence-corrected chi connectivity index (χ2v) is 18.5. The minimum Gasteiger partial charge on any atom is -0.496 e. The Bertz CT molecular complexity index is 2250. The van der Waals surface area contributed by atoms with Crippen LogP contribution in [-0.2, 0) is 53.7 Å². The average molecular weight is 914 g/mol. The maximum Gasteiger partial charge on any atom is 0.416 e. The molecule has 4 rings (SSSR count). The largest absolute Gasteiger partial charge is 0.496 e. The van der Waals surface area contributed by atoms with Crippen LogP contribution in [0.25, 0.3) is 33.4 Å². The van der Waals surface area contributed by atoms with Gasteiger partial charge >= 0.3 is 18.5 Å². The fourth-order valence-corrected chi connectivity index (χ4v) is 8.83. The molecule has 354 valence electrons. The van der Waals surface area contributed by atoms with Crippen molar-refractivity contribution in [3.8, 4) is 44.9 Å². The summed E-state index contributed by atoms with van der Waals surface area (Å²) in [5.74, 6) is 0.287. The van der Waals surface area contributed by atoms with E-state index in [-0.39, 0.29) is 58.8 Å². The molecular weight excluding hydrogens is 853 g/mol. The van der Waals surface area contributed by atoms with Gasteiger partial charge in [0.05, 0.1) is 36.5 Å². The summed E-state index contributed by atoms with van der Waals surface area (Å²) >= 11 is 0. The van der Waals surface area contributed by atoms with Crippen LogP contribution in [0.1, 0.15) is 127 Å². The number of rotatable bonds is 14. The smallest absolute Gasteiger partial charge is 0.416 e. The first-order chi connectivity index (χ1) is 29.4.